The fourth-order valence-electron chi connectivity index (χ4n) is 2.61. The number of aromatic nitrogens is 2. The summed E-state index contributed by atoms with van der Waals surface area (Å²) >= 11 is 0. The number of rotatable bonds is 4. The van der Waals surface area contributed by atoms with Gasteiger partial charge in [0.05, 0.1) is 11.8 Å². The number of alkyl halides is 3. The zero-order valence-corrected chi connectivity index (χ0v) is 11.1. The summed E-state index contributed by atoms with van der Waals surface area (Å²) in [5.74, 6) is -3.69. The molecular formula is C12H17F3N4O. The summed E-state index contributed by atoms with van der Waals surface area (Å²) in [4.78, 5) is 12.8. The molecule has 5 nitrogen and oxygen atoms in total. The SMILES string of the molecule is Cn1nccc1CCN1C[C@@H](C(F)(F)F)[C@H](C(N)=O)C1. The van der Waals surface area contributed by atoms with E-state index in [0.717, 1.165) is 5.69 Å². The molecule has 2 rings (SSSR count). The molecule has 8 heteroatoms. The van der Waals surface area contributed by atoms with Gasteiger partial charge in [-0.2, -0.15) is 18.3 Å². The van der Waals surface area contributed by atoms with Crippen LogP contribution in [0.2, 0.25) is 0 Å². The third kappa shape index (κ3) is 3.12. The summed E-state index contributed by atoms with van der Waals surface area (Å²) in [5, 5.41) is 4.00. The molecule has 0 aliphatic carbocycles. The van der Waals surface area contributed by atoms with Gasteiger partial charge >= 0.3 is 6.18 Å². The maximum Gasteiger partial charge on any atom is 0.393 e. The molecule has 0 radical (unpaired) electrons. The second-order valence-corrected chi connectivity index (χ2v) is 5.11. The van der Waals surface area contributed by atoms with Crippen molar-refractivity contribution in [1.29, 1.82) is 0 Å². The second kappa shape index (κ2) is 5.43. The number of primary amides is 1. The molecule has 0 bridgehead atoms. The van der Waals surface area contributed by atoms with E-state index in [1.165, 1.54) is 0 Å². The van der Waals surface area contributed by atoms with Gasteiger partial charge in [0, 0.05) is 45.0 Å². The van der Waals surface area contributed by atoms with Crippen molar-refractivity contribution in [3.63, 3.8) is 0 Å². The van der Waals surface area contributed by atoms with E-state index in [1.807, 2.05) is 6.07 Å². The third-order valence-electron chi connectivity index (χ3n) is 3.79. The van der Waals surface area contributed by atoms with E-state index < -0.39 is 23.9 Å². The highest BCUT2D eigenvalue weighted by molar-refractivity contribution is 5.77. The average Bonchev–Trinajstić information content (AvgIpc) is 2.91. The first-order chi connectivity index (χ1) is 9.29. The zero-order valence-electron chi connectivity index (χ0n) is 11.1. The Kier molecular flexibility index (Phi) is 4.03. The number of aryl methyl sites for hydroxylation is 1. The molecule has 1 fully saturated rings. The number of hydrogen-bond donors (Lipinski definition) is 1. The van der Waals surface area contributed by atoms with Gasteiger partial charge in [0.25, 0.3) is 0 Å². The molecule has 2 heterocycles. The average molecular weight is 290 g/mol. The lowest BCUT2D eigenvalue weighted by molar-refractivity contribution is -0.182. The maximum atomic E-state index is 12.9. The predicted molar refractivity (Wildman–Crippen MR) is 65.6 cm³/mol. The number of carbonyl (C=O) groups is 1. The van der Waals surface area contributed by atoms with E-state index in [4.69, 9.17) is 5.73 Å². The van der Waals surface area contributed by atoms with Crippen molar-refractivity contribution in [1.82, 2.24) is 14.7 Å². The van der Waals surface area contributed by atoms with Crippen molar-refractivity contribution in [3.05, 3.63) is 18.0 Å². The van der Waals surface area contributed by atoms with Crippen molar-refractivity contribution in [2.75, 3.05) is 19.6 Å². The van der Waals surface area contributed by atoms with E-state index >= 15 is 0 Å². The Labute approximate surface area is 114 Å². The lowest BCUT2D eigenvalue weighted by Crippen LogP contribution is -2.37. The molecule has 0 aromatic carbocycles. The normalized spacial score (nSPS) is 24.2. The summed E-state index contributed by atoms with van der Waals surface area (Å²) < 4.78 is 40.3. The lowest BCUT2D eigenvalue weighted by atomic mass is 9.95. The van der Waals surface area contributed by atoms with E-state index in [-0.39, 0.29) is 13.1 Å². The first-order valence-electron chi connectivity index (χ1n) is 6.34. The highest BCUT2D eigenvalue weighted by atomic mass is 19.4. The fraction of sp³-hybridized carbons (Fsp3) is 0.667. The number of halogens is 3. The van der Waals surface area contributed by atoms with Gasteiger partial charge in [-0.05, 0) is 6.07 Å². The van der Waals surface area contributed by atoms with Crippen molar-refractivity contribution >= 4 is 5.91 Å². The molecule has 1 saturated heterocycles. The highest BCUT2D eigenvalue weighted by Gasteiger charge is 2.51. The second-order valence-electron chi connectivity index (χ2n) is 5.11. The van der Waals surface area contributed by atoms with Gasteiger partial charge < -0.3 is 10.6 Å². The van der Waals surface area contributed by atoms with Crippen molar-refractivity contribution < 1.29 is 18.0 Å². The molecule has 1 aromatic heterocycles. The first-order valence-corrected chi connectivity index (χ1v) is 6.34. The topological polar surface area (TPSA) is 64.2 Å². The summed E-state index contributed by atoms with van der Waals surface area (Å²) in [5.41, 5.74) is 6.02. The molecule has 0 unspecified atom stereocenters. The van der Waals surface area contributed by atoms with Gasteiger partial charge in [0.15, 0.2) is 0 Å². The largest absolute Gasteiger partial charge is 0.393 e. The van der Waals surface area contributed by atoms with E-state index in [1.54, 1.807) is 22.8 Å². The summed E-state index contributed by atoms with van der Waals surface area (Å²) in [7, 11) is 1.78. The van der Waals surface area contributed by atoms with Gasteiger partial charge in [-0.3, -0.25) is 9.48 Å². The van der Waals surface area contributed by atoms with E-state index in [0.29, 0.717) is 13.0 Å². The molecule has 1 aliphatic heterocycles. The van der Waals surface area contributed by atoms with Gasteiger partial charge in [0.2, 0.25) is 5.91 Å². The number of nitrogens with two attached hydrogens (primary N) is 1. The maximum absolute atomic E-state index is 12.9. The Morgan fingerprint density at radius 1 is 1.50 bits per heavy atom. The van der Waals surface area contributed by atoms with Crippen molar-refractivity contribution in [3.8, 4) is 0 Å². The fourth-order valence-corrected chi connectivity index (χ4v) is 2.61. The minimum Gasteiger partial charge on any atom is -0.369 e. The number of likely N-dealkylation sites (tertiary alicyclic amines) is 1. The smallest absolute Gasteiger partial charge is 0.369 e. The molecule has 112 valence electrons. The van der Waals surface area contributed by atoms with Crippen LogP contribution in [-0.4, -0.2) is 46.4 Å². The van der Waals surface area contributed by atoms with E-state index in [9.17, 15) is 18.0 Å². The monoisotopic (exact) mass is 290 g/mol. The Hall–Kier alpha value is -1.57. The van der Waals surface area contributed by atoms with Crippen LogP contribution in [0.1, 0.15) is 5.69 Å². The van der Waals surface area contributed by atoms with E-state index in [2.05, 4.69) is 5.10 Å². The first kappa shape index (κ1) is 14.8. The molecular weight excluding hydrogens is 273 g/mol. The van der Waals surface area contributed by atoms with Crippen LogP contribution < -0.4 is 5.73 Å². The van der Waals surface area contributed by atoms with Gasteiger partial charge in [-0.1, -0.05) is 0 Å². The Morgan fingerprint density at radius 3 is 2.65 bits per heavy atom. The van der Waals surface area contributed by atoms with Crippen molar-refractivity contribution in [2.24, 2.45) is 24.6 Å². The minimum absolute atomic E-state index is 0.0668. The molecule has 0 saturated carbocycles. The molecule has 1 amide bonds. The van der Waals surface area contributed by atoms with Crippen LogP contribution in [0, 0.1) is 11.8 Å². The molecule has 0 spiro atoms. The standard InChI is InChI=1S/C12H17F3N4O/c1-18-8(2-4-17-18)3-5-19-6-9(11(16)20)10(7-19)12(13,14)15/h2,4,9-10H,3,5-7H2,1H3,(H2,16,20)/t9-,10-/m1/s1. The van der Waals surface area contributed by atoms with Crippen LogP contribution in [0.15, 0.2) is 12.3 Å². The lowest BCUT2D eigenvalue weighted by Gasteiger charge is -2.18. The highest BCUT2D eigenvalue weighted by Crippen LogP contribution is 2.37. The van der Waals surface area contributed by atoms with Crippen LogP contribution >= 0.6 is 0 Å². The summed E-state index contributed by atoms with van der Waals surface area (Å²) in [6.45, 7) is 0.349. The number of nitrogens with zero attached hydrogens (tertiary/aromatic N) is 3. The number of carbonyl (C=O) groups excluding carboxylic acids is 1. The molecule has 2 N–H and O–H groups in total. The van der Waals surface area contributed by atoms with Gasteiger partial charge in [-0.15, -0.1) is 0 Å². The van der Waals surface area contributed by atoms with Crippen molar-refractivity contribution in [2.45, 2.75) is 12.6 Å². The van der Waals surface area contributed by atoms with Crippen LogP contribution in [0.4, 0.5) is 13.2 Å². The quantitative estimate of drug-likeness (QED) is 0.881. The Balaban J connectivity index is 1.98. The molecule has 20 heavy (non-hydrogen) atoms. The summed E-state index contributed by atoms with van der Waals surface area (Å²) in [6.07, 6.45) is -2.16. The van der Waals surface area contributed by atoms with Crippen LogP contribution in [0.5, 0.6) is 0 Å². The zero-order chi connectivity index (χ0) is 14.9. The Morgan fingerprint density at radius 2 is 2.20 bits per heavy atom. The van der Waals surface area contributed by atoms with Gasteiger partial charge in [-0.25, -0.2) is 0 Å². The van der Waals surface area contributed by atoms with Crippen LogP contribution in [0.25, 0.3) is 0 Å². The molecule has 1 aliphatic rings. The molecule has 1 aromatic rings. The summed E-state index contributed by atoms with van der Waals surface area (Å²) in [6, 6.07) is 1.82. The number of hydrogen-bond acceptors (Lipinski definition) is 3. The van der Waals surface area contributed by atoms with Crippen LogP contribution in [0.3, 0.4) is 0 Å². The van der Waals surface area contributed by atoms with Gasteiger partial charge in [0.1, 0.15) is 0 Å². The molecule has 2 atom stereocenters. The third-order valence-corrected chi connectivity index (χ3v) is 3.79. The Bertz CT molecular complexity index is 485. The minimum atomic E-state index is -4.39. The van der Waals surface area contributed by atoms with Crippen LogP contribution in [-0.2, 0) is 18.3 Å². The number of amides is 1. The predicted octanol–water partition coefficient (Wildman–Crippen LogP) is 0.558.